The fourth-order valence-electron chi connectivity index (χ4n) is 3.41. The Hall–Kier alpha value is -3.42. The largest absolute Gasteiger partial charge is 0.481 e. The average molecular weight is 530 g/mol. The second-order valence-electron chi connectivity index (χ2n) is 9.45. The summed E-state index contributed by atoms with van der Waals surface area (Å²) in [5, 5.41) is 26.0. The van der Waals surface area contributed by atoms with E-state index in [-0.39, 0.29) is 37.7 Å². The number of aliphatic carboxylic acids is 2. The molecule has 0 spiro atoms. The summed E-state index contributed by atoms with van der Waals surface area (Å²) in [6.45, 7) is 7.42. The van der Waals surface area contributed by atoms with Crippen molar-refractivity contribution < 1.29 is 34.2 Å². The van der Waals surface area contributed by atoms with Crippen LogP contribution in [0.15, 0.2) is 4.99 Å². The molecule has 14 nitrogen and oxygen atoms in total. The van der Waals surface area contributed by atoms with Crippen molar-refractivity contribution in [3.63, 3.8) is 0 Å². The molecule has 11 N–H and O–H groups in total. The number of rotatable bonds is 18. The molecule has 0 bridgehead atoms. The van der Waals surface area contributed by atoms with Crippen molar-refractivity contribution in [2.45, 2.75) is 90.4 Å². The molecule has 0 aromatic carbocycles. The SMILES string of the molecule is CCC(C)C(NC(=O)C(CCC(=O)O)NC(=O)C(N)CC(C)C)C(=O)NC(CCCN=C(N)N)C(=O)O. The van der Waals surface area contributed by atoms with Gasteiger partial charge in [0, 0.05) is 13.0 Å². The molecule has 0 aromatic heterocycles. The first-order chi connectivity index (χ1) is 17.2. The normalized spacial score (nSPS) is 15.0. The quantitative estimate of drug-likeness (QED) is 0.0601. The van der Waals surface area contributed by atoms with E-state index in [1.807, 2.05) is 13.8 Å². The predicted octanol–water partition coefficient (Wildman–Crippen LogP) is -1.14. The lowest BCUT2D eigenvalue weighted by Crippen LogP contribution is -2.58. The van der Waals surface area contributed by atoms with Crippen molar-refractivity contribution in [1.82, 2.24) is 16.0 Å². The monoisotopic (exact) mass is 529 g/mol. The van der Waals surface area contributed by atoms with Gasteiger partial charge in [-0.1, -0.05) is 34.1 Å². The van der Waals surface area contributed by atoms with Gasteiger partial charge < -0.3 is 43.4 Å². The Morgan fingerprint density at radius 1 is 0.865 bits per heavy atom. The molecule has 0 heterocycles. The van der Waals surface area contributed by atoms with Gasteiger partial charge in [-0.15, -0.1) is 0 Å². The van der Waals surface area contributed by atoms with Crippen molar-refractivity contribution in [3.05, 3.63) is 0 Å². The average Bonchev–Trinajstić information content (AvgIpc) is 2.79. The molecule has 0 saturated carbocycles. The Labute approximate surface area is 217 Å². The van der Waals surface area contributed by atoms with Crippen LogP contribution in [0.3, 0.4) is 0 Å². The number of carbonyl (C=O) groups is 5. The number of hydrogen-bond acceptors (Lipinski definition) is 7. The molecule has 3 amide bonds. The zero-order valence-corrected chi connectivity index (χ0v) is 22.0. The molecule has 14 heteroatoms. The standard InChI is InChI=1S/C23H43N7O7/c1-5-13(4)18(21(35)29-16(22(36)37)7-6-10-27-23(25)26)30-20(34)15(8-9-17(31)32)28-19(33)14(24)11-12(2)3/h12-16,18H,5-11,24H2,1-4H3,(H,28,33)(H,29,35)(H,30,34)(H,31,32)(H,36,37)(H4,25,26,27). The van der Waals surface area contributed by atoms with Gasteiger partial charge in [0.05, 0.1) is 6.04 Å². The maximum Gasteiger partial charge on any atom is 0.326 e. The number of amides is 3. The summed E-state index contributed by atoms with van der Waals surface area (Å²) in [6, 6.07) is -4.53. The van der Waals surface area contributed by atoms with Gasteiger partial charge in [0.25, 0.3) is 0 Å². The van der Waals surface area contributed by atoms with E-state index in [1.165, 1.54) is 0 Å². The minimum Gasteiger partial charge on any atom is -0.481 e. The number of carboxylic acids is 2. The summed E-state index contributed by atoms with van der Waals surface area (Å²) < 4.78 is 0. The molecular weight excluding hydrogens is 486 g/mol. The molecule has 0 fully saturated rings. The molecule has 0 aliphatic heterocycles. The van der Waals surface area contributed by atoms with Crippen LogP contribution < -0.4 is 33.2 Å². The van der Waals surface area contributed by atoms with Crippen LogP contribution in [0.4, 0.5) is 0 Å². The predicted molar refractivity (Wildman–Crippen MR) is 137 cm³/mol. The number of nitrogens with one attached hydrogen (secondary N) is 3. The molecular formula is C23H43N7O7. The van der Waals surface area contributed by atoms with Crippen LogP contribution in [-0.2, 0) is 24.0 Å². The van der Waals surface area contributed by atoms with Crippen molar-refractivity contribution in [1.29, 1.82) is 0 Å². The molecule has 0 rings (SSSR count). The van der Waals surface area contributed by atoms with E-state index < -0.39 is 66.2 Å². The Bertz CT molecular complexity index is 815. The van der Waals surface area contributed by atoms with Gasteiger partial charge in [0.15, 0.2) is 5.96 Å². The lowest BCUT2D eigenvalue weighted by atomic mass is 9.96. The zero-order chi connectivity index (χ0) is 28.7. The van der Waals surface area contributed by atoms with Crippen LogP contribution >= 0.6 is 0 Å². The van der Waals surface area contributed by atoms with Gasteiger partial charge >= 0.3 is 11.9 Å². The Morgan fingerprint density at radius 3 is 1.95 bits per heavy atom. The van der Waals surface area contributed by atoms with E-state index in [2.05, 4.69) is 20.9 Å². The summed E-state index contributed by atoms with van der Waals surface area (Å²) in [5.74, 6) is -4.96. The third-order valence-corrected chi connectivity index (χ3v) is 5.70. The summed E-state index contributed by atoms with van der Waals surface area (Å²) in [6.07, 6.45) is 0.524. The number of nitrogens with zero attached hydrogens (tertiary/aromatic N) is 1. The lowest BCUT2D eigenvalue weighted by Gasteiger charge is -2.28. The first-order valence-corrected chi connectivity index (χ1v) is 12.4. The molecule has 5 atom stereocenters. The molecule has 212 valence electrons. The molecule has 37 heavy (non-hydrogen) atoms. The van der Waals surface area contributed by atoms with Gasteiger partial charge in [-0.25, -0.2) is 4.79 Å². The summed E-state index contributed by atoms with van der Waals surface area (Å²) in [7, 11) is 0. The molecule has 0 saturated heterocycles. The van der Waals surface area contributed by atoms with E-state index in [4.69, 9.17) is 22.3 Å². The third kappa shape index (κ3) is 14.0. The zero-order valence-electron chi connectivity index (χ0n) is 22.0. The smallest absolute Gasteiger partial charge is 0.326 e. The number of carboxylic acid groups (broad SMARTS) is 2. The molecule has 5 unspecified atom stereocenters. The Morgan fingerprint density at radius 2 is 1.46 bits per heavy atom. The van der Waals surface area contributed by atoms with Gasteiger partial charge in [-0.2, -0.15) is 0 Å². The maximum atomic E-state index is 13.1. The first-order valence-electron chi connectivity index (χ1n) is 12.4. The van der Waals surface area contributed by atoms with Crippen molar-refractivity contribution >= 4 is 35.6 Å². The van der Waals surface area contributed by atoms with Gasteiger partial charge in [-0.05, 0) is 37.5 Å². The van der Waals surface area contributed by atoms with E-state index in [1.54, 1.807) is 13.8 Å². The minimum atomic E-state index is -1.27. The first kappa shape index (κ1) is 33.6. The highest BCUT2D eigenvalue weighted by atomic mass is 16.4. The van der Waals surface area contributed by atoms with Gasteiger partial charge in [0.1, 0.15) is 18.1 Å². The van der Waals surface area contributed by atoms with E-state index in [0.29, 0.717) is 12.8 Å². The van der Waals surface area contributed by atoms with E-state index in [0.717, 1.165) is 0 Å². The maximum absolute atomic E-state index is 13.1. The van der Waals surface area contributed by atoms with Crippen LogP contribution in [-0.4, -0.2) is 76.5 Å². The number of aliphatic imine (C=N–C) groups is 1. The van der Waals surface area contributed by atoms with Crippen molar-refractivity contribution in [3.8, 4) is 0 Å². The number of hydrogen-bond donors (Lipinski definition) is 8. The van der Waals surface area contributed by atoms with Crippen LogP contribution in [0.2, 0.25) is 0 Å². The third-order valence-electron chi connectivity index (χ3n) is 5.70. The summed E-state index contributed by atoms with van der Waals surface area (Å²) in [4.78, 5) is 65.1. The topological polar surface area (TPSA) is 252 Å². The Kier molecular flexibility index (Phi) is 15.5. The molecule has 0 aromatic rings. The van der Waals surface area contributed by atoms with Crippen LogP contribution in [0.1, 0.15) is 66.2 Å². The van der Waals surface area contributed by atoms with E-state index in [9.17, 15) is 29.1 Å². The van der Waals surface area contributed by atoms with Gasteiger partial charge in [-0.3, -0.25) is 24.2 Å². The lowest BCUT2D eigenvalue weighted by molar-refractivity contribution is -0.143. The second kappa shape index (κ2) is 17.1. The van der Waals surface area contributed by atoms with Gasteiger partial charge in [0.2, 0.25) is 17.7 Å². The fraction of sp³-hybridized carbons (Fsp3) is 0.739. The molecule has 0 aliphatic carbocycles. The molecule has 0 aliphatic rings. The second-order valence-corrected chi connectivity index (χ2v) is 9.45. The van der Waals surface area contributed by atoms with Crippen LogP contribution in [0, 0.1) is 11.8 Å². The minimum absolute atomic E-state index is 0.0457. The van der Waals surface area contributed by atoms with Crippen LogP contribution in [0.25, 0.3) is 0 Å². The molecule has 0 radical (unpaired) electrons. The van der Waals surface area contributed by atoms with E-state index >= 15 is 0 Å². The summed E-state index contributed by atoms with van der Waals surface area (Å²) in [5.41, 5.74) is 16.4. The summed E-state index contributed by atoms with van der Waals surface area (Å²) >= 11 is 0. The highest BCUT2D eigenvalue weighted by Gasteiger charge is 2.33. The number of nitrogens with two attached hydrogens (primary N) is 3. The Balaban J connectivity index is 5.57. The van der Waals surface area contributed by atoms with Crippen molar-refractivity contribution in [2.24, 2.45) is 34.0 Å². The highest BCUT2D eigenvalue weighted by Crippen LogP contribution is 2.11. The van der Waals surface area contributed by atoms with Crippen molar-refractivity contribution in [2.75, 3.05) is 6.54 Å². The fourth-order valence-corrected chi connectivity index (χ4v) is 3.41. The number of carbonyl (C=O) groups excluding carboxylic acids is 3. The number of guanidine groups is 1. The highest BCUT2D eigenvalue weighted by molar-refractivity contribution is 5.94. The van der Waals surface area contributed by atoms with Crippen LogP contribution in [0.5, 0.6) is 0 Å².